The fourth-order valence-corrected chi connectivity index (χ4v) is 7.95. The standard InChI is InChI=1S/C59H106O5/c1-4-7-10-13-16-19-22-24-26-28-30-31-33-35-38-40-43-46-49-52-58(60)63-56-57(64-59(61)53-50-47-44-41-37-21-18-15-12-9-6-3)55-62-54-51-48-45-42-39-36-34-32-29-27-25-23-20-17-14-11-8-5-2/h7,10,16,19,24,26,30-31,35,38,57H,4-6,8-9,11-15,17-18,20-23,25,27-29,32-34,36-37,39-56H2,1-3H3/b10-7-,19-16-,26-24-,31-30-,38-35-. The Kier molecular flexibility index (Phi) is 52.9. The van der Waals surface area contributed by atoms with Crippen molar-refractivity contribution in [3.8, 4) is 0 Å². The van der Waals surface area contributed by atoms with Crippen molar-refractivity contribution in [1.82, 2.24) is 0 Å². The second-order valence-corrected chi connectivity index (χ2v) is 18.5. The van der Waals surface area contributed by atoms with Gasteiger partial charge in [-0.05, 0) is 64.2 Å². The third kappa shape index (κ3) is 52.2. The van der Waals surface area contributed by atoms with E-state index in [1.165, 1.54) is 161 Å². The highest BCUT2D eigenvalue weighted by atomic mass is 16.6. The fourth-order valence-electron chi connectivity index (χ4n) is 7.95. The minimum absolute atomic E-state index is 0.0714. The van der Waals surface area contributed by atoms with E-state index in [1.54, 1.807) is 0 Å². The summed E-state index contributed by atoms with van der Waals surface area (Å²) in [6.07, 6.45) is 69.5. The largest absolute Gasteiger partial charge is 0.462 e. The molecule has 0 aliphatic rings. The summed E-state index contributed by atoms with van der Waals surface area (Å²) in [5, 5.41) is 0. The number of carbonyl (C=O) groups is 2. The maximum atomic E-state index is 12.8. The Labute approximate surface area is 398 Å². The number of unbranched alkanes of at least 4 members (excludes halogenated alkanes) is 30. The Morgan fingerprint density at radius 2 is 0.703 bits per heavy atom. The van der Waals surface area contributed by atoms with Crippen molar-refractivity contribution in [3.05, 3.63) is 60.8 Å². The minimum Gasteiger partial charge on any atom is -0.462 e. The summed E-state index contributed by atoms with van der Waals surface area (Å²) in [5.74, 6) is -0.423. The number of rotatable bonds is 51. The van der Waals surface area contributed by atoms with Gasteiger partial charge in [-0.25, -0.2) is 0 Å². The topological polar surface area (TPSA) is 61.8 Å². The molecule has 5 heteroatoms. The molecule has 1 atom stereocenters. The van der Waals surface area contributed by atoms with Gasteiger partial charge in [-0.3, -0.25) is 9.59 Å². The molecule has 0 aromatic rings. The first kappa shape index (κ1) is 61.6. The van der Waals surface area contributed by atoms with Crippen LogP contribution in [0.1, 0.15) is 278 Å². The van der Waals surface area contributed by atoms with Crippen LogP contribution in [0.4, 0.5) is 0 Å². The van der Waals surface area contributed by atoms with Crippen molar-refractivity contribution >= 4 is 11.9 Å². The van der Waals surface area contributed by atoms with E-state index >= 15 is 0 Å². The molecule has 0 saturated heterocycles. The molecule has 0 spiro atoms. The highest BCUT2D eigenvalue weighted by molar-refractivity contribution is 5.70. The van der Waals surface area contributed by atoms with E-state index in [1.807, 2.05) is 0 Å². The number of esters is 2. The van der Waals surface area contributed by atoms with Gasteiger partial charge in [0.2, 0.25) is 0 Å². The van der Waals surface area contributed by atoms with E-state index in [4.69, 9.17) is 14.2 Å². The zero-order valence-electron chi connectivity index (χ0n) is 42.8. The lowest BCUT2D eigenvalue weighted by Crippen LogP contribution is -2.30. The lowest BCUT2D eigenvalue weighted by Gasteiger charge is -2.18. The summed E-state index contributed by atoms with van der Waals surface area (Å²) in [6.45, 7) is 7.72. The monoisotopic (exact) mass is 895 g/mol. The molecule has 0 heterocycles. The molecule has 0 N–H and O–H groups in total. The Balaban J connectivity index is 4.25. The zero-order chi connectivity index (χ0) is 46.3. The summed E-state index contributed by atoms with van der Waals surface area (Å²) in [5.41, 5.74) is 0. The fraction of sp³-hybridized carbons (Fsp3) is 0.797. The molecule has 372 valence electrons. The summed E-state index contributed by atoms with van der Waals surface area (Å²) >= 11 is 0. The summed E-state index contributed by atoms with van der Waals surface area (Å²) in [4.78, 5) is 25.4. The van der Waals surface area contributed by atoms with Crippen LogP contribution in [0.3, 0.4) is 0 Å². The van der Waals surface area contributed by atoms with Crippen LogP contribution in [0.5, 0.6) is 0 Å². The van der Waals surface area contributed by atoms with E-state index in [0.717, 1.165) is 83.5 Å². The van der Waals surface area contributed by atoms with Gasteiger partial charge in [0, 0.05) is 19.4 Å². The van der Waals surface area contributed by atoms with Gasteiger partial charge < -0.3 is 14.2 Å². The van der Waals surface area contributed by atoms with E-state index in [9.17, 15) is 9.59 Å². The summed E-state index contributed by atoms with van der Waals surface area (Å²) in [7, 11) is 0. The summed E-state index contributed by atoms with van der Waals surface area (Å²) in [6, 6.07) is 0. The van der Waals surface area contributed by atoms with E-state index in [0.29, 0.717) is 19.4 Å². The molecule has 1 unspecified atom stereocenters. The SMILES string of the molecule is CC/C=C\C/C=C\C/C=C\C/C=C\C/C=C\CCCCCC(=O)OCC(COCCCCCCCCCCCCCCCCCCCC)OC(=O)CCCCCCCCCCCCC. The normalized spacial score (nSPS) is 12.6. The van der Waals surface area contributed by atoms with Crippen LogP contribution >= 0.6 is 0 Å². The number of allylic oxidation sites excluding steroid dienone is 10. The number of hydrogen-bond donors (Lipinski definition) is 0. The van der Waals surface area contributed by atoms with Crippen molar-refractivity contribution in [2.24, 2.45) is 0 Å². The molecule has 64 heavy (non-hydrogen) atoms. The number of hydrogen-bond acceptors (Lipinski definition) is 5. The van der Waals surface area contributed by atoms with Crippen LogP contribution in [0.25, 0.3) is 0 Å². The van der Waals surface area contributed by atoms with Gasteiger partial charge in [-0.2, -0.15) is 0 Å². The van der Waals surface area contributed by atoms with Gasteiger partial charge in [-0.15, -0.1) is 0 Å². The molecule has 5 nitrogen and oxygen atoms in total. The van der Waals surface area contributed by atoms with E-state index in [2.05, 4.69) is 81.5 Å². The molecule has 0 aromatic heterocycles. The van der Waals surface area contributed by atoms with Crippen LogP contribution in [-0.2, 0) is 23.8 Å². The smallest absolute Gasteiger partial charge is 0.306 e. The van der Waals surface area contributed by atoms with Crippen molar-refractivity contribution in [2.45, 2.75) is 284 Å². The van der Waals surface area contributed by atoms with Crippen molar-refractivity contribution in [3.63, 3.8) is 0 Å². The Morgan fingerprint density at radius 3 is 1.12 bits per heavy atom. The predicted octanol–water partition coefficient (Wildman–Crippen LogP) is 18.9. The average molecular weight is 895 g/mol. The van der Waals surface area contributed by atoms with Crippen LogP contribution in [0, 0.1) is 0 Å². The summed E-state index contributed by atoms with van der Waals surface area (Å²) < 4.78 is 17.4. The van der Waals surface area contributed by atoms with Crippen molar-refractivity contribution in [2.75, 3.05) is 19.8 Å². The van der Waals surface area contributed by atoms with Gasteiger partial charge >= 0.3 is 11.9 Å². The minimum atomic E-state index is -0.546. The molecule has 0 aromatic carbocycles. The molecule has 0 bridgehead atoms. The molecule has 0 fully saturated rings. The Bertz CT molecular complexity index is 1100. The highest BCUT2D eigenvalue weighted by Gasteiger charge is 2.17. The van der Waals surface area contributed by atoms with Crippen LogP contribution in [0.15, 0.2) is 60.8 Å². The van der Waals surface area contributed by atoms with Crippen molar-refractivity contribution < 1.29 is 23.8 Å². The third-order valence-electron chi connectivity index (χ3n) is 12.1. The molecule has 0 saturated carbocycles. The molecular formula is C59H106O5. The average Bonchev–Trinajstić information content (AvgIpc) is 3.30. The van der Waals surface area contributed by atoms with Crippen LogP contribution in [-0.4, -0.2) is 37.9 Å². The van der Waals surface area contributed by atoms with E-state index < -0.39 is 6.10 Å². The van der Waals surface area contributed by atoms with Gasteiger partial charge in [0.25, 0.3) is 0 Å². The number of ether oxygens (including phenoxy) is 3. The molecule has 0 aliphatic carbocycles. The second-order valence-electron chi connectivity index (χ2n) is 18.5. The van der Waals surface area contributed by atoms with Gasteiger partial charge in [-0.1, -0.05) is 261 Å². The first-order valence-electron chi connectivity index (χ1n) is 27.8. The third-order valence-corrected chi connectivity index (χ3v) is 12.1. The zero-order valence-corrected chi connectivity index (χ0v) is 42.8. The molecule has 0 amide bonds. The van der Waals surface area contributed by atoms with Crippen molar-refractivity contribution in [1.29, 1.82) is 0 Å². The molecule has 0 aliphatic heterocycles. The maximum Gasteiger partial charge on any atom is 0.306 e. The quantitative estimate of drug-likeness (QED) is 0.0346. The van der Waals surface area contributed by atoms with Gasteiger partial charge in [0.1, 0.15) is 6.61 Å². The number of carbonyl (C=O) groups excluding carboxylic acids is 2. The Hall–Kier alpha value is -2.40. The first-order valence-corrected chi connectivity index (χ1v) is 27.8. The predicted molar refractivity (Wildman–Crippen MR) is 279 cm³/mol. The van der Waals surface area contributed by atoms with Crippen LogP contribution < -0.4 is 0 Å². The molecular weight excluding hydrogens is 789 g/mol. The highest BCUT2D eigenvalue weighted by Crippen LogP contribution is 2.16. The Morgan fingerprint density at radius 1 is 0.359 bits per heavy atom. The maximum absolute atomic E-state index is 12.8. The lowest BCUT2D eigenvalue weighted by molar-refractivity contribution is -0.163. The van der Waals surface area contributed by atoms with E-state index in [-0.39, 0.29) is 25.2 Å². The first-order chi connectivity index (χ1) is 31.6. The molecule has 0 rings (SSSR count). The van der Waals surface area contributed by atoms with Gasteiger partial charge in [0.15, 0.2) is 6.10 Å². The van der Waals surface area contributed by atoms with Gasteiger partial charge in [0.05, 0.1) is 6.61 Å². The lowest BCUT2D eigenvalue weighted by atomic mass is 10.0. The molecule has 0 radical (unpaired) electrons. The second kappa shape index (κ2) is 54.9. The van der Waals surface area contributed by atoms with Crippen LogP contribution in [0.2, 0.25) is 0 Å².